The summed E-state index contributed by atoms with van der Waals surface area (Å²) in [5.41, 5.74) is 0. The molecule has 0 aromatic heterocycles. The molecule has 5 aliphatic rings. The van der Waals surface area contributed by atoms with Gasteiger partial charge in [0.05, 0.1) is 18.3 Å². The van der Waals surface area contributed by atoms with E-state index in [-0.39, 0.29) is 48.5 Å². The summed E-state index contributed by atoms with van der Waals surface area (Å²) in [6, 6.07) is 0. The van der Waals surface area contributed by atoms with Crippen LogP contribution in [0.3, 0.4) is 0 Å². The van der Waals surface area contributed by atoms with E-state index < -0.39 is 5.97 Å². The summed E-state index contributed by atoms with van der Waals surface area (Å²) >= 11 is 0. The minimum absolute atomic E-state index is 0.0226. The minimum atomic E-state index is -0.973. The number of carbonyl (C=O) groups is 3. The number of aliphatic carboxylic acids is 1. The van der Waals surface area contributed by atoms with E-state index in [0.29, 0.717) is 11.8 Å². The Labute approximate surface area is 110 Å². The van der Waals surface area contributed by atoms with Crippen LogP contribution in [0.4, 0.5) is 0 Å². The second-order valence-electron chi connectivity index (χ2n) is 6.13. The Hall–Kier alpha value is -1.65. The average Bonchev–Trinajstić information content (AvgIpc) is 3.14. The molecule has 0 aromatic rings. The van der Waals surface area contributed by atoms with Crippen LogP contribution < -0.4 is 0 Å². The van der Waals surface area contributed by atoms with Crippen LogP contribution in [0.2, 0.25) is 0 Å². The molecular weight excluding hydrogens is 246 g/mol. The summed E-state index contributed by atoms with van der Waals surface area (Å²) in [6.07, 6.45) is 5.22. The molecule has 1 heterocycles. The molecule has 2 bridgehead atoms. The van der Waals surface area contributed by atoms with E-state index in [0.717, 1.165) is 6.42 Å². The quantitative estimate of drug-likeness (QED) is 0.593. The molecule has 1 aliphatic heterocycles. The molecule has 5 nitrogen and oxygen atoms in total. The van der Waals surface area contributed by atoms with E-state index >= 15 is 0 Å². The molecular formula is C14H15NO4. The van der Waals surface area contributed by atoms with E-state index in [9.17, 15) is 14.4 Å². The van der Waals surface area contributed by atoms with Crippen LogP contribution in [0.15, 0.2) is 12.2 Å². The van der Waals surface area contributed by atoms with Gasteiger partial charge in [-0.1, -0.05) is 12.2 Å². The first-order chi connectivity index (χ1) is 9.09. The summed E-state index contributed by atoms with van der Waals surface area (Å²) in [6.45, 7) is 0.0226. The molecule has 0 radical (unpaired) electrons. The van der Waals surface area contributed by atoms with Crippen molar-refractivity contribution in [3.05, 3.63) is 12.2 Å². The third-order valence-electron chi connectivity index (χ3n) is 5.30. The maximum atomic E-state index is 12.4. The molecule has 0 unspecified atom stereocenters. The first kappa shape index (κ1) is 11.2. The van der Waals surface area contributed by atoms with Crippen LogP contribution in [0, 0.1) is 35.5 Å². The molecule has 5 rings (SSSR count). The zero-order valence-corrected chi connectivity index (χ0v) is 10.4. The van der Waals surface area contributed by atoms with Gasteiger partial charge in [-0.25, -0.2) is 0 Å². The topological polar surface area (TPSA) is 74.7 Å². The predicted octanol–water partition coefficient (Wildman–Crippen LogP) is 0.514. The fraction of sp³-hybridized carbons (Fsp3) is 0.643. The molecule has 4 aliphatic carbocycles. The van der Waals surface area contributed by atoms with Crippen molar-refractivity contribution in [1.82, 2.24) is 4.90 Å². The standard InChI is InChI=1S/C14H15NO4/c16-10(17)3-4-15-13(18)11-6-1-2-7(9-5-8(6)9)12(11)14(15)19/h1-2,6-9,11-12H,3-5H2,(H,16,17)/t6-,7-,8-,9+,11-,12+/m0/s1. The van der Waals surface area contributed by atoms with Gasteiger partial charge in [0.25, 0.3) is 0 Å². The first-order valence-electron chi connectivity index (χ1n) is 6.85. The molecule has 5 heteroatoms. The molecule has 19 heavy (non-hydrogen) atoms. The minimum Gasteiger partial charge on any atom is -0.481 e. The number of amides is 2. The highest BCUT2D eigenvalue weighted by Gasteiger charge is 2.66. The van der Waals surface area contributed by atoms with Crippen molar-refractivity contribution in [2.75, 3.05) is 6.54 Å². The number of likely N-dealkylation sites (tertiary alicyclic amines) is 1. The molecule has 2 saturated carbocycles. The van der Waals surface area contributed by atoms with Gasteiger partial charge in [0, 0.05) is 6.54 Å². The summed E-state index contributed by atoms with van der Waals surface area (Å²) in [5, 5.41) is 8.71. The fourth-order valence-corrected chi connectivity index (χ4v) is 4.45. The summed E-state index contributed by atoms with van der Waals surface area (Å²) < 4.78 is 0. The van der Waals surface area contributed by atoms with Crippen molar-refractivity contribution < 1.29 is 19.5 Å². The number of rotatable bonds is 3. The maximum Gasteiger partial charge on any atom is 0.305 e. The van der Waals surface area contributed by atoms with Crippen LogP contribution in [0.25, 0.3) is 0 Å². The third-order valence-corrected chi connectivity index (χ3v) is 5.30. The zero-order valence-electron chi connectivity index (χ0n) is 10.4. The number of hydrogen-bond acceptors (Lipinski definition) is 3. The molecule has 1 N–H and O–H groups in total. The van der Waals surface area contributed by atoms with E-state index in [4.69, 9.17) is 5.11 Å². The summed E-state index contributed by atoms with van der Waals surface area (Å²) in [4.78, 5) is 36.6. The van der Waals surface area contributed by atoms with Gasteiger partial charge in [0.15, 0.2) is 0 Å². The molecule has 0 spiro atoms. The van der Waals surface area contributed by atoms with Crippen LogP contribution in [0.5, 0.6) is 0 Å². The molecule has 1 saturated heterocycles. The largest absolute Gasteiger partial charge is 0.481 e. The highest BCUT2D eigenvalue weighted by molar-refractivity contribution is 6.06. The number of carbonyl (C=O) groups excluding carboxylic acids is 2. The van der Waals surface area contributed by atoms with Crippen molar-refractivity contribution in [2.45, 2.75) is 12.8 Å². The summed E-state index contributed by atoms with van der Waals surface area (Å²) in [5.74, 6) is -0.0567. The van der Waals surface area contributed by atoms with Crippen LogP contribution in [0.1, 0.15) is 12.8 Å². The van der Waals surface area contributed by atoms with Crippen molar-refractivity contribution >= 4 is 17.8 Å². The van der Waals surface area contributed by atoms with Gasteiger partial charge >= 0.3 is 5.97 Å². The van der Waals surface area contributed by atoms with Crippen molar-refractivity contribution in [3.63, 3.8) is 0 Å². The fourth-order valence-electron chi connectivity index (χ4n) is 4.45. The summed E-state index contributed by atoms with van der Waals surface area (Å²) in [7, 11) is 0. The number of imide groups is 1. The van der Waals surface area contributed by atoms with Gasteiger partial charge in [-0.05, 0) is 30.1 Å². The van der Waals surface area contributed by atoms with Gasteiger partial charge in [0.1, 0.15) is 0 Å². The molecule has 100 valence electrons. The van der Waals surface area contributed by atoms with Crippen LogP contribution in [-0.2, 0) is 14.4 Å². The van der Waals surface area contributed by atoms with E-state index in [1.165, 1.54) is 4.90 Å². The van der Waals surface area contributed by atoms with Gasteiger partial charge in [-0.15, -0.1) is 0 Å². The lowest BCUT2D eigenvalue weighted by Crippen LogP contribution is -2.40. The number of allylic oxidation sites excluding steroid dienone is 2. The Morgan fingerprint density at radius 3 is 2.16 bits per heavy atom. The highest BCUT2D eigenvalue weighted by Crippen LogP contribution is 2.65. The van der Waals surface area contributed by atoms with Crippen molar-refractivity contribution in [2.24, 2.45) is 35.5 Å². The Morgan fingerprint density at radius 1 is 1.16 bits per heavy atom. The second kappa shape index (κ2) is 3.46. The smallest absolute Gasteiger partial charge is 0.305 e. The number of hydrogen-bond donors (Lipinski definition) is 1. The SMILES string of the molecule is O=C(O)CCN1C(=O)[C@@H]2[C@H]3C=C[C@@H]([C@@H]4C[C@H]34)[C@@H]2C1=O. The maximum absolute atomic E-state index is 12.4. The number of carboxylic acids is 1. The Balaban J connectivity index is 1.63. The van der Waals surface area contributed by atoms with Gasteiger partial charge in [-0.2, -0.15) is 0 Å². The van der Waals surface area contributed by atoms with Gasteiger partial charge in [0.2, 0.25) is 11.8 Å². The first-order valence-corrected chi connectivity index (χ1v) is 6.85. The van der Waals surface area contributed by atoms with E-state index in [1.807, 2.05) is 0 Å². The lowest BCUT2D eigenvalue weighted by Gasteiger charge is -2.37. The van der Waals surface area contributed by atoms with E-state index in [1.54, 1.807) is 0 Å². The molecule has 6 atom stereocenters. The lowest BCUT2D eigenvalue weighted by molar-refractivity contribution is -0.142. The average molecular weight is 261 g/mol. The molecule has 0 aromatic carbocycles. The zero-order chi connectivity index (χ0) is 13.3. The Kier molecular flexibility index (Phi) is 2.04. The second-order valence-corrected chi connectivity index (χ2v) is 6.13. The van der Waals surface area contributed by atoms with Gasteiger partial charge in [-0.3, -0.25) is 19.3 Å². The normalized spacial score (nSPS) is 45.4. The lowest BCUT2D eigenvalue weighted by atomic mass is 9.63. The monoisotopic (exact) mass is 261 g/mol. The van der Waals surface area contributed by atoms with E-state index in [2.05, 4.69) is 12.2 Å². The Morgan fingerprint density at radius 2 is 1.68 bits per heavy atom. The van der Waals surface area contributed by atoms with Gasteiger partial charge < -0.3 is 5.11 Å². The Bertz CT molecular complexity index is 490. The van der Waals surface area contributed by atoms with Crippen LogP contribution >= 0.6 is 0 Å². The predicted molar refractivity (Wildman–Crippen MR) is 63.7 cm³/mol. The van der Waals surface area contributed by atoms with Crippen LogP contribution in [-0.4, -0.2) is 34.3 Å². The highest BCUT2D eigenvalue weighted by atomic mass is 16.4. The number of nitrogens with zero attached hydrogens (tertiary/aromatic N) is 1. The molecule has 2 amide bonds. The number of carboxylic acid groups (broad SMARTS) is 1. The van der Waals surface area contributed by atoms with Crippen molar-refractivity contribution in [3.8, 4) is 0 Å². The third kappa shape index (κ3) is 1.33. The van der Waals surface area contributed by atoms with Crippen molar-refractivity contribution in [1.29, 1.82) is 0 Å². The molecule has 3 fully saturated rings.